The third kappa shape index (κ3) is 2.04. The summed E-state index contributed by atoms with van der Waals surface area (Å²) in [5, 5.41) is 5.83. The molecule has 0 fully saturated rings. The summed E-state index contributed by atoms with van der Waals surface area (Å²) in [5.74, 6) is 0.493. The molecule has 4 nitrogen and oxygen atoms in total. The highest BCUT2D eigenvalue weighted by atomic mass is 14.9. The first-order chi connectivity index (χ1) is 7.27. The highest BCUT2D eigenvalue weighted by molar-refractivity contribution is 6.07. The molecular formula is C11H13N4+. The summed E-state index contributed by atoms with van der Waals surface area (Å²) < 4.78 is 0. The summed E-state index contributed by atoms with van der Waals surface area (Å²) >= 11 is 0. The Labute approximate surface area is 87.6 Å². The van der Waals surface area contributed by atoms with Gasteiger partial charge in [-0.15, -0.1) is 0 Å². The molecule has 2 aromatic rings. The first kappa shape index (κ1) is 9.45. The molecule has 2 rings (SSSR count). The van der Waals surface area contributed by atoms with Gasteiger partial charge < -0.3 is 9.97 Å². The molecule has 0 aliphatic rings. The first-order valence-corrected chi connectivity index (χ1v) is 4.72. The lowest BCUT2D eigenvalue weighted by Crippen LogP contribution is -2.39. The minimum absolute atomic E-state index is 0.493. The van der Waals surface area contributed by atoms with Crippen molar-refractivity contribution in [1.29, 1.82) is 0 Å². The Kier molecular flexibility index (Phi) is 2.49. The van der Waals surface area contributed by atoms with Crippen molar-refractivity contribution in [3.05, 3.63) is 48.0 Å². The number of aliphatic imine (C=N–C) groups is 1. The van der Waals surface area contributed by atoms with Crippen molar-refractivity contribution in [2.24, 2.45) is 4.99 Å². The van der Waals surface area contributed by atoms with E-state index in [1.165, 1.54) is 0 Å². The maximum absolute atomic E-state index is 5.83. The Morgan fingerprint density at radius 2 is 1.73 bits per heavy atom. The van der Waals surface area contributed by atoms with Gasteiger partial charge in [-0.1, -0.05) is 0 Å². The molecule has 0 atom stereocenters. The van der Waals surface area contributed by atoms with E-state index in [1.54, 1.807) is 0 Å². The van der Waals surface area contributed by atoms with Gasteiger partial charge in [0.05, 0.1) is 5.69 Å². The third-order valence-electron chi connectivity index (χ3n) is 2.15. The monoisotopic (exact) mass is 201 g/mol. The molecule has 4 N–H and O–H groups in total. The van der Waals surface area contributed by atoms with Crippen molar-refractivity contribution < 1.29 is 5.41 Å². The SMILES string of the molecule is CC(=NC(=[NH2+])c1ccc[nH]1)c1ccc[nH]1. The van der Waals surface area contributed by atoms with Crippen LogP contribution in [0.4, 0.5) is 0 Å². The summed E-state index contributed by atoms with van der Waals surface area (Å²) in [6.07, 6.45) is 3.68. The third-order valence-corrected chi connectivity index (χ3v) is 2.15. The first-order valence-electron chi connectivity index (χ1n) is 4.72. The van der Waals surface area contributed by atoms with Crippen LogP contribution >= 0.6 is 0 Å². The highest BCUT2D eigenvalue weighted by Crippen LogP contribution is 2.00. The van der Waals surface area contributed by atoms with Crippen LogP contribution < -0.4 is 5.41 Å². The van der Waals surface area contributed by atoms with Gasteiger partial charge in [0.2, 0.25) is 0 Å². The van der Waals surface area contributed by atoms with Crippen LogP contribution in [-0.2, 0) is 0 Å². The minimum Gasteiger partial charge on any atom is -0.358 e. The van der Waals surface area contributed by atoms with E-state index in [1.807, 2.05) is 43.6 Å². The molecule has 0 amide bonds. The van der Waals surface area contributed by atoms with Crippen LogP contribution in [0.3, 0.4) is 0 Å². The van der Waals surface area contributed by atoms with Crippen LogP contribution in [0.2, 0.25) is 0 Å². The Balaban J connectivity index is 2.21. The van der Waals surface area contributed by atoms with Gasteiger partial charge in [-0.25, -0.2) is 0 Å². The Bertz CT molecular complexity index is 463. The maximum atomic E-state index is 5.83. The quantitative estimate of drug-likeness (QED) is 0.464. The average molecular weight is 201 g/mol. The van der Waals surface area contributed by atoms with Crippen molar-refractivity contribution in [1.82, 2.24) is 9.97 Å². The number of rotatable bonds is 2. The van der Waals surface area contributed by atoms with Crippen LogP contribution in [0.1, 0.15) is 18.3 Å². The van der Waals surface area contributed by atoms with Crippen LogP contribution in [0.15, 0.2) is 41.7 Å². The largest absolute Gasteiger partial charge is 0.358 e. The van der Waals surface area contributed by atoms with Crippen molar-refractivity contribution in [3.63, 3.8) is 0 Å². The summed E-state index contributed by atoms with van der Waals surface area (Å²) in [7, 11) is 0. The zero-order valence-corrected chi connectivity index (χ0v) is 8.49. The second-order valence-electron chi connectivity index (χ2n) is 3.25. The number of nitrogens with one attached hydrogen (secondary N) is 2. The van der Waals surface area contributed by atoms with Gasteiger partial charge in [-0.05, 0) is 29.3 Å². The standard InChI is InChI=1S/C11H12N4/c1-8(9-4-2-6-13-9)15-11(12)10-5-3-7-14-10/h2-7,12-14H,1H3/p+1. The number of hydrogen-bond donors (Lipinski definition) is 3. The molecule has 76 valence electrons. The molecule has 0 spiro atoms. The van der Waals surface area contributed by atoms with Crippen LogP contribution in [-0.4, -0.2) is 21.5 Å². The number of amidine groups is 1. The predicted octanol–water partition coefficient (Wildman–Crippen LogP) is 0.358. The molecule has 4 heteroatoms. The molecule has 2 heterocycles. The summed E-state index contributed by atoms with van der Waals surface area (Å²) in [4.78, 5) is 10.4. The van der Waals surface area contributed by atoms with Crippen LogP contribution in [0.25, 0.3) is 0 Å². The van der Waals surface area contributed by atoms with E-state index in [4.69, 9.17) is 5.41 Å². The fourth-order valence-electron chi connectivity index (χ4n) is 1.35. The number of nitrogens with two attached hydrogens (primary N) is 1. The molecule has 0 bridgehead atoms. The topological polar surface area (TPSA) is 69.5 Å². The van der Waals surface area contributed by atoms with E-state index in [-0.39, 0.29) is 0 Å². The van der Waals surface area contributed by atoms with Crippen LogP contribution in [0, 0.1) is 0 Å². The Morgan fingerprint density at radius 1 is 1.13 bits per heavy atom. The van der Waals surface area contributed by atoms with Gasteiger partial charge in [-0.3, -0.25) is 5.41 Å². The lowest BCUT2D eigenvalue weighted by atomic mass is 10.3. The number of H-pyrrole nitrogens is 2. The lowest BCUT2D eigenvalue weighted by molar-refractivity contribution is -0.114. The van der Waals surface area contributed by atoms with Crippen molar-refractivity contribution in [2.45, 2.75) is 6.92 Å². The second-order valence-corrected chi connectivity index (χ2v) is 3.25. The van der Waals surface area contributed by atoms with Crippen molar-refractivity contribution in [2.75, 3.05) is 0 Å². The smallest absolute Gasteiger partial charge is 0.338 e. The second kappa shape index (κ2) is 3.96. The molecule has 0 aliphatic heterocycles. The molecule has 0 radical (unpaired) electrons. The number of aromatic amines is 2. The molecule has 0 saturated carbocycles. The fraction of sp³-hybridized carbons (Fsp3) is 0.0909. The Morgan fingerprint density at radius 3 is 2.27 bits per heavy atom. The normalized spacial score (nSPS) is 11.7. The number of hydrogen-bond acceptors (Lipinski definition) is 0. The molecular weight excluding hydrogens is 188 g/mol. The molecule has 0 aromatic carbocycles. The zero-order chi connectivity index (χ0) is 10.7. The maximum Gasteiger partial charge on any atom is 0.338 e. The van der Waals surface area contributed by atoms with Gasteiger partial charge in [0.1, 0.15) is 5.69 Å². The zero-order valence-electron chi connectivity index (χ0n) is 8.49. The summed E-state index contributed by atoms with van der Waals surface area (Å²) in [6.45, 7) is 1.92. The molecule has 0 saturated heterocycles. The van der Waals surface area contributed by atoms with Gasteiger partial charge in [0, 0.05) is 19.3 Å². The van der Waals surface area contributed by atoms with E-state index in [0.29, 0.717) is 5.84 Å². The van der Waals surface area contributed by atoms with Gasteiger partial charge >= 0.3 is 5.84 Å². The number of aromatic nitrogens is 2. The Hall–Kier alpha value is -2.10. The van der Waals surface area contributed by atoms with E-state index in [2.05, 4.69) is 15.0 Å². The average Bonchev–Trinajstić information content (AvgIpc) is 2.91. The predicted molar refractivity (Wildman–Crippen MR) is 59.8 cm³/mol. The summed E-state index contributed by atoms with van der Waals surface area (Å²) in [6, 6.07) is 7.67. The van der Waals surface area contributed by atoms with Crippen molar-refractivity contribution >= 4 is 11.5 Å². The fourth-order valence-corrected chi connectivity index (χ4v) is 1.35. The van der Waals surface area contributed by atoms with Gasteiger partial charge in [0.15, 0.2) is 5.71 Å². The van der Waals surface area contributed by atoms with Gasteiger partial charge in [-0.2, -0.15) is 0 Å². The highest BCUT2D eigenvalue weighted by Gasteiger charge is 2.11. The molecule has 15 heavy (non-hydrogen) atoms. The minimum atomic E-state index is 0.493. The van der Waals surface area contributed by atoms with Crippen molar-refractivity contribution in [3.8, 4) is 0 Å². The van der Waals surface area contributed by atoms with E-state index < -0.39 is 0 Å². The van der Waals surface area contributed by atoms with E-state index in [0.717, 1.165) is 17.1 Å². The molecule has 0 unspecified atom stereocenters. The lowest BCUT2D eigenvalue weighted by Gasteiger charge is -1.89. The molecule has 2 aromatic heterocycles. The van der Waals surface area contributed by atoms with Gasteiger partial charge in [0.25, 0.3) is 0 Å². The number of nitrogens with zero attached hydrogens (tertiary/aromatic N) is 1. The molecule has 0 aliphatic carbocycles. The summed E-state index contributed by atoms with van der Waals surface area (Å²) in [5.41, 5.74) is 2.68. The van der Waals surface area contributed by atoms with E-state index >= 15 is 0 Å². The van der Waals surface area contributed by atoms with E-state index in [9.17, 15) is 0 Å². The van der Waals surface area contributed by atoms with Crippen LogP contribution in [0.5, 0.6) is 0 Å².